The number of carbonyl (C=O) groups is 3. The fourth-order valence-corrected chi connectivity index (χ4v) is 3.78. The first-order valence-electron chi connectivity index (χ1n) is 11.5. The monoisotopic (exact) mass is 437 g/mol. The molecule has 0 bridgehead atoms. The zero-order valence-corrected chi connectivity index (χ0v) is 20.8. The summed E-state index contributed by atoms with van der Waals surface area (Å²) in [6.45, 7) is 16.0. The van der Waals surface area contributed by atoms with Crippen molar-refractivity contribution < 1.29 is 19.1 Å². The Labute approximate surface area is 188 Å². The van der Waals surface area contributed by atoms with E-state index in [1.54, 1.807) is 31.9 Å². The third-order valence-electron chi connectivity index (χ3n) is 5.56. The third kappa shape index (κ3) is 8.63. The molecule has 1 aliphatic rings. The van der Waals surface area contributed by atoms with Crippen LogP contribution in [-0.2, 0) is 19.1 Å². The van der Waals surface area contributed by atoms with Gasteiger partial charge in [-0.1, -0.05) is 47.1 Å². The molecule has 178 valence electrons. The van der Waals surface area contributed by atoms with Crippen LogP contribution in [0.25, 0.3) is 0 Å². The average molecular weight is 438 g/mol. The summed E-state index contributed by atoms with van der Waals surface area (Å²) in [5.41, 5.74) is 0.0164. The SMILES string of the molecule is CCOC(=O)/C(C)=C/CN(C)C(=O)C(NC(=O)C1CCCCN1CC(C)C)C(C)(C)C. The highest BCUT2D eigenvalue weighted by Crippen LogP contribution is 2.23. The predicted octanol–water partition coefficient (Wildman–Crippen LogP) is 3.00. The van der Waals surface area contributed by atoms with Crippen molar-refractivity contribution in [2.45, 2.75) is 79.8 Å². The number of likely N-dealkylation sites (N-methyl/N-ethyl adjacent to an activating group) is 1. The van der Waals surface area contributed by atoms with Gasteiger partial charge >= 0.3 is 5.97 Å². The number of hydrogen-bond donors (Lipinski definition) is 1. The van der Waals surface area contributed by atoms with Crippen LogP contribution in [0, 0.1) is 11.3 Å². The first kappa shape index (κ1) is 27.1. The van der Waals surface area contributed by atoms with Crippen molar-refractivity contribution in [1.29, 1.82) is 0 Å². The van der Waals surface area contributed by atoms with Gasteiger partial charge in [0.15, 0.2) is 0 Å². The number of likely N-dealkylation sites (tertiary alicyclic amines) is 1. The maximum atomic E-state index is 13.2. The number of hydrogen-bond acceptors (Lipinski definition) is 5. The highest BCUT2D eigenvalue weighted by Gasteiger charge is 2.37. The molecule has 31 heavy (non-hydrogen) atoms. The number of nitrogens with one attached hydrogen (secondary N) is 1. The van der Waals surface area contributed by atoms with Gasteiger partial charge in [0.2, 0.25) is 11.8 Å². The Morgan fingerprint density at radius 2 is 1.87 bits per heavy atom. The number of piperidine rings is 1. The number of esters is 1. The molecule has 0 aromatic rings. The van der Waals surface area contributed by atoms with Gasteiger partial charge in [-0.15, -0.1) is 0 Å². The lowest BCUT2D eigenvalue weighted by atomic mass is 9.85. The summed E-state index contributed by atoms with van der Waals surface area (Å²) in [4.78, 5) is 42.0. The van der Waals surface area contributed by atoms with E-state index in [-0.39, 0.29) is 30.4 Å². The highest BCUT2D eigenvalue weighted by atomic mass is 16.5. The third-order valence-corrected chi connectivity index (χ3v) is 5.56. The lowest BCUT2D eigenvalue weighted by Crippen LogP contribution is -2.59. The molecule has 2 atom stereocenters. The van der Waals surface area contributed by atoms with Crippen molar-refractivity contribution in [3.05, 3.63) is 11.6 Å². The number of carbonyl (C=O) groups excluding carboxylic acids is 3. The molecular weight excluding hydrogens is 394 g/mol. The van der Waals surface area contributed by atoms with Crippen LogP contribution in [0.2, 0.25) is 0 Å². The topological polar surface area (TPSA) is 79.0 Å². The van der Waals surface area contributed by atoms with Gasteiger partial charge in [0.05, 0.1) is 12.6 Å². The van der Waals surface area contributed by atoms with Crippen molar-refractivity contribution in [1.82, 2.24) is 15.1 Å². The van der Waals surface area contributed by atoms with Crippen molar-refractivity contribution >= 4 is 17.8 Å². The van der Waals surface area contributed by atoms with Gasteiger partial charge in [-0.25, -0.2) is 4.79 Å². The van der Waals surface area contributed by atoms with Crippen molar-refractivity contribution in [2.24, 2.45) is 11.3 Å². The van der Waals surface area contributed by atoms with E-state index in [9.17, 15) is 14.4 Å². The van der Waals surface area contributed by atoms with Crippen LogP contribution < -0.4 is 5.32 Å². The first-order valence-corrected chi connectivity index (χ1v) is 11.5. The summed E-state index contributed by atoms with van der Waals surface area (Å²) in [5.74, 6) is -0.138. The minimum atomic E-state index is -0.649. The van der Waals surface area contributed by atoms with Crippen LogP contribution in [0.1, 0.15) is 67.7 Å². The molecule has 2 unspecified atom stereocenters. The standard InChI is InChI=1S/C24H43N3O4/c1-9-31-23(30)18(4)13-15-26(8)22(29)20(24(5,6)7)25-21(28)19-12-10-11-14-27(19)16-17(2)3/h13,17,19-20H,9-12,14-16H2,1-8H3,(H,25,28)/b18-13+. The number of nitrogens with zero attached hydrogens (tertiary/aromatic N) is 2. The van der Waals surface area contributed by atoms with Crippen LogP contribution in [0.4, 0.5) is 0 Å². The molecule has 7 nitrogen and oxygen atoms in total. The molecule has 1 rings (SSSR count). The number of ether oxygens (including phenoxy) is 1. The van der Waals surface area contributed by atoms with Crippen molar-refractivity contribution in [2.75, 3.05) is 33.3 Å². The first-order chi connectivity index (χ1) is 14.4. The van der Waals surface area contributed by atoms with E-state index in [4.69, 9.17) is 4.74 Å². The summed E-state index contributed by atoms with van der Waals surface area (Å²) in [6.07, 6.45) is 4.63. The zero-order chi connectivity index (χ0) is 23.8. The molecule has 0 saturated carbocycles. The Morgan fingerprint density at radius 3 is 2.42 bits per heavy atom. The summed E-state index contributed by atoms with van der Waals surface area (Å²) >= 11 is 0. The van der Waals surface area contributed by atoms with Crippen LogP contribution in [0.3, 0.4) is 0 Å². The molecule has 0 aliphatic carbocycles. The number of rotatable bonds is 9. The van der Waals surface area contributed by atoms with E-state index in [1.165, 1.54) is 0 Å². The molecule has 2 amide bonds. The lowest BCUT2D eigenvalue weighted by Gasteiger charge is -2.39. The van der Waals surface area contributed by atoms with Crippen LogP contribution in [0.5, 0.6) is 0 Å². The second kappa shape index (κ2) is 12.2. The minimum absolute atomic E-state index is 0.0692. The van der Waals surface area contributed by atoms with Gasteiger partial charge in [-0.05, 0) is 44.6 Å². The van der Waals surface area contributed by atoms with E-state index in [0.29, 0.717) is 18.1 Å². The molecule has 1 saturated heterocycles. The van der Waals surface area contributed by atoms with E-state index >= 15 is 0 Å². The molecule has 1 fully saturated rings. The Balaban J connectivity index is 2.90. The fraction of sp³-hybridized carbons (Fsp3) is 0.792. The van der Waals surface area contributed by atoms with Gasteiger partial charge in [0, 0.05) is 25.7 Å². The Kier molecular flexibility index (Phi) is 10.7. The van der Waals surface area contributed by atoms with E-state index in [1.807, 2.05) is 20.8 Å². The van der Waals surface area contributed by atoms with Gasteiger partial charge in [0.1, 0.15) is 6.04 Å². The van der Waals surface area contributed by atoms with Gasteiger partial charge in [-0.2, -0.15) is 0 Å². The maximum absolute atomic E-state index is 13.2. The molecule has 0 radical (unpaired) electrons. The lowest BCUT2D eigenvalue weighted by molar-refractivity contribution is -0.140. The zero-order valence-electron chi connectivity index (χ0n) is 20.8. The summed E-state index contributed by atoms with van der Waals surface area (Å²) in [5, 5.41) is 3.06. The van der Waals surface area contributed by atoms with E-state index in [0.717, 1.165) is 32.4 Å². The van der Waals surface area contributed by atoms with E-state index in [2.05, 4.69) is 24.1 Å². The van der Waals surface area contributed by atoms with Gasteiger partial charge in [0.25, 0.3) is 0 Å². The van der Waals surface area contributed by atoms with Gasteiger partial charge < -0.3 is 15.0 Å². The van der Waals surface area contributed by atoms with Crippen molar-refractivity contribution in [3.63, 3.8) is 0 Å². The summed E-state index contributed by atoms with van der Waals surface area (Å²) < 4.78 is 4.98. The van der Waals surface area contributed by atoms with E-state index < -0.39 is 11.5 Å². The van der Waals surface area contributed by atoms with Crippen LogP contribution in [-0.4, -0.2) is 73.0 Å². The highest BCUT2D eigenvalue weighted by molar-refractivity contribution is 5.91. The second-order valence-corrected chi connectivity index (χ2v) is 10.0. The van der Waals surface area contributed by atoms with Gasteiger partial charge in [-0.3, -0.25) is 14.5 Å². The molecule has 0 aromatic carbocycles. The largest absolute Gasteiger partial charge is 0.463 e. The van der Waals surface area contributed by atoms with Crippen molar-refractivity contribution in [3.8, 4) is 0 Å². The molecule has 0 aromatic heterocycles. The smallest absolute Gasteiger partial charge is 0.333 e. The predicted molar refractivity (Wildman–Crippen MR) is 123 cm³/mol. The number of amides is 2. The van der Waals surface area contributed by atoms with Crippen LogP contribution in [0.15, 0.2) is 11.6 Å². The van der Waals surface area contributed by atoms with Crippen LogP contribution >= 0.6 is 0 Å². The Bertz CT molecular complexity index is 652. The Morgan fingerprint density at radius 1 is 1.23 bits per heavy atom. The molecule has 7 heteroatoms. The normalized spacial score (nSPS) is 19.1. The molecule has 1 N–H and O–H groups in total. The molecule has 1 heterocycles. The minimum Gasteiger partial charge on any atom is -0.463 e. The Hall–Kier alpha value is -1.89. The fourth-order valence-electron chi connectivity index (χ4n) is 3.78. The quantitative estimate of drug-likeness (QED) is 0.443. The maximum Gasteiger partial charge on any atom is 0.333 e. The molecule has 0 spiro atoms. The second-order valence-electron chi connectivity index (χ2n) is 10.0. The summed E-state index contributed by atoms with van der Waals surface area (Å²) in [6, 6.07) is -0.839. The summed E-state index contributed by atoms with van der Waals surface area (Å²) in [7, 11) is 1.69. The molecular formula is C24H43N3O4. The average Bonchev–Trinajstić information content (AvgIpc) is 2.68. The molecule has 1 aliphatic heterocycles.